The van der Waals surface area contributed by atoms with Gasteiger partial charge in [-0.15, -0.1) is 11.3 Å². The van der Waals surface area contributed by atoms with Gasteiger partial charge in [-0.05, 0) is 79.9 Å². The second-order valence-electron chi connectivity index (χ2n) is 10.3. The van der Waals surface area contributed by atoms with Crippen molar-refractivity contribution in [1.29, 1.82) is 0 Å². The van der Waals surface area contributed by atoms with Crippen LogP contribution in [0.2, 0.25) is 0 Å². The van der Waals surface area contributed by atoms with Crippen molar-refractivity contribution < 1.29 is 0 Å². The second-order valence-corrected chi connectivity index (χ2v) is 11.1. The first-order chi connectivity index (χ1) is 14.0. The first kappa shape index (κ1) is 19.4. The molecular formula is C25H35N3S. The number of anilines is 1. The van der Waals surface area contributed by atoms with Crippen LogP contribution in [0.15, 0.2) is 34.6 Å². The molecule has 4 aliphatic rings. The number of nitrogens with one attached hydrogen (secondary N) is 1. The largest absolute Gasteiger partial charge is 0.385 e. The van der Waals surface area contributed by atoms with E-state index in [0.29, 0.717) is 5.92 Å². The summed E-state index contributed by atoms with van der Waals surface area (Å²) < 4.78 is 2.35. The zero-order valence-electron chi connectivity index (χ0n) is 18.2. The van der Waals surface area contributed by atoms with Crippen molar-refractivity contribution >= 4 is 17.0 Å². The number of hydrogen-bond donors (Lipinski definition) is 1. The molecule has 1 aromatic heterocycles. The van der Waals surface area contributed by atoms with E-state index in [0.717, 1.165) is 30.7 Å². The van der Waals surface area contributed by atoms with Crippen LogP contribution in [0.1, 0.15) is 69.5 Å². The molecule has 29 heavy (non-hydrogen) atoms. The molecule has 4 saturated carbocycles. The molecule has 0 amide bonds. The van der Waals surface area contributed by atoms with Crippen molar-refractivity contribution in [3.05, 3.63) is 45.7 Å². The molecule has 6 rings (SSSR count). The van der Waals surface area contributed by atoms with Gasteiger partial charge < -0.3 is 9.88 Å². The molecule has 2 aromatic rings. The summed E-state index contributed by atoms with van der Waals surface area (Å²) in [6.07, 6.45) is 9.54. The van der Waals surface area contributed by atoms with Crippen LogP contribution in [0.3, 0.4) is 0 Å². The zero-order chi connectivity index (χ0) is 20.0. The fourth-order valence-corrected chi connectivity index (χ4v) is 7.49. The van der Waals surface area contributed by atoms with Gasteiger partial charge in [0.1, 0.15) is 0 Å². The lowest BCUT2D eigenvalue weighted by molar-refractivity contribution is -0.000362. The Bertz CT molecular complexity index is 883. The van der Waals surface area contributed by atoms with Crippen LogP contribution in [0, 0.1) is 17.8 Å². The first-order valence-electron chi connectivity index (χ1n) is 11.5. The van der Waals surface area contributed by atoms with Crippen molar-refractivity contribution in [3.63, 3.8) is 0 Å². The van der Waals surface area contributed by atoms with E-state index in [4.69, 9.17) is 4.99 Å². The quantitative estimate of drug-likeness (QED) is 0.648. The Hall–Kier alpha value is -1.55. The van der Waals surface area contributed by atoms with Crippen LogP contribution < -0.4 is 10.1 Å². The molecule has 4 aliphatic carbocycles. The molecule has 0 aliphatic heterocycles. The van der Waals surface area contributed by atoms with E-state index in [2.05, 4.69) is 60.4 Å². The third-order valence-corrected chi connectivity index (χ3v) is 8.61. The number of hydrogen-bond acceptors (Lipinski definition) is 3. The summed E-state index contributed by atoms with van der Waals surface area (Å²) in [6.45, 7) is 5.44. The number of benzene rings is 1. The van der Waals surface area contributed by atoms with Crippen LogP contribution in [-0.4, -0.2) is 16.7 Å². The minimum Gasteiger partial charge on any atom is -0.385 e. The van der Waals surface area contributed by atoms with Crippen molar-refractivity contribution in [2.24, 2.45) is 29.8 Å². The maximum Gasteiger partial charge on any atom is 0.185 e. The summed E-state index contributed by atoms with van der Waals surface area (Å²) in [5, 5.41) is 5.91. The van der Waals surface area contributed by atoms with E-state index >= 15 is 0 Å². The van der Waals surface area contributed by atoms with Gasteiger partial charge in [-0.25, -0.2) is 0 Å². The van der Waals surface area contributed by atoms with E-state index < -0.39 is 0 Å². The number of nitrogens with zero attached hydrogens (tertiary/aromatic N) is 2. The van der Waals surface area contributed by atoms with Crippen molar-refractivity contribution in [2.45, 2.75) is 70.3 Å². The summed E-state index contributed by atoms with van der Waals surface area (Å²) in [7, 11) is 2.21. The molecule has 1 N–H and O–H groups in total. The van der Waals surface area contributed by atoms with Crippen molar-refractivity contribution in [2.75, 3.05) is 11.9 Å². The number of thiazole rings is 1. The van der Waals surface area contributed by atoms with Gasteiger partial charge >= 0.3 is 0 Å². The van der Waals surface area contributed by atoms with Gasteiger partial charge in [0.25, 0.3) is 0 Å². The summed E-state index contributed by atoms with van der Waals surface area (Å²) in [6, 6.07) is 8.88. The highest BCUT2D eigenvalue weighted by Gasteiger charge is 2.51. The lowest BCUT2D eigenvalue weighted by Gasteiger charge is -2.54. The second kappa shape index (κ2) is 7.61. The van der Waals surface area contributed by atoms with Gasteiger partial charge in [0.2, 0.25) is 0 Å². The Morgan fingerprint density at radius 1 is 1.07 bits per heavy atom. The molecule has 0 spiro atoms. The lowest BCUT2D eigenvalue weighted by Crippen LogP contribution is -2.50. The van der Waals surface area contributed by atoms with Crippen molar-refractivity contribution in [1.82, 2.24) is 4.57 Å². The van der Waals surface area contributed by atoms with Gasteiger partial charge in [0, 0.05) is 36.8 Å². The van der Waals surface area contributed by atoms with Crippen LogP contribution in [0.4, 0.5) is 5.69 Å². The van der Waals surface area contributed by atoms with Crippen LogP contribution in [-0.2, 0) is 13.5 Å². The predicted molar refractivity (Wildman–Crippen MR) is 122 cm³/mol. The maximum atomic E-state index is 5.42. The van der Waals surface area contributed by atoms with E-state index in [-0.39, 0.29) is 5.54 Å². The summed E-state index contributed by atoms with van der Waals surface area (Å²) in [5.74, 6) is 3.47. The Balaban J connectivity index is 1.25. The summed E-state index contributed by atoms with van der Waals surface area (Å²) >= 11 is 1.85. The molecular weight excluding hydrogens is 374 g/mol. The first-order valence-corrected chi connectivity index (χ1v) is 12.4. The Kier molecular flexibility index (Phi) is 5.09. The maximum absolute atomic E-state index is 5.42. The van der Waals surface area contributed by atoms with Crippen LogP contribution >= 0.6 is 11.3 Å². The fraction of sp³-hybridized carbons (Fsp3) is 0.640. The monoisotopic (exact) mass is 409 g/mol. The highest BCUT2D eigenvalue weighted by atomic mass is 32.1. The standard InChI is InChI=1S/C25H35N3S/c1-17(2)21-4-6-22(7-5-21)26-9-8-23-16-29-24(28(23)3)27-25-13-18-10-19(14-25)12-20(11-18)15-25/h4-7,16-20,26H,8-15H2,1-3H3. The van der Waals surface area contributed by atoms with Gasteiger partial charge in [0.05, 0.1) is 5.54 Å². The molecule has 156 valence electrons. The molecule has 1 aromatic carbocycles. The summed E-state index contributed by atoms with van der Waals surface area (Å²) in [4.78, 5) is 6.66. The highest BCUT2D eigenvalue weighted by Crippen LogP contribution is 2.57. The average Bonchev–Trinajstić information content (AvgIpc) is 3.00. The molecule has 4 bridgehead atoms. The Morgan fingerprint density at radius 2 is 1.69 bits per heavy atom. The van der Waals surface area contributed by atoms with Gasteiger partial charge in [-0.3, -0.25) is 4.99 Å². The molecule has 0 atom stereocenters. The molecule has 0 unspecified atom stereocenters. The lowest BCUT2D eigenvalue weighted by atomic mass is 9.53. The zero-order valence-corrected chi connectivity index (χ0v) is 19.0. The van der Waals surface area contributed by atoms with E-state index in [9.17, 15) is 0 Å². The van der Waals surface area contributed by atoms with Gasteiger partial charge in [-0.2, -0.15) is 0 Å². The third kappa shape index (κ3) is 3.93. The molecule has 3 nitrogen and oxygen atoms in total. The molecule has 1 heterocycles. The van der Waals surface area contributed by atoms with E-state index in [1.807, 2.05) is 11.3 Å². The smallest absolute Gasteiger partial charge is 0.185 e. The average molecular weight is 410 g/mol. The van der Waals surface area contributed by atoms with Crippen LogP contribution in [0.25, 0.3) is 0 Å². The van der Waals surface area contributed by atoms with Crippen molar-refractivity contribution in [3.8, 4) is 0 Å². The topological polar surface area (TPSA) is 29.3 Å². The number of aromatic nitrogens is 1. The van der Waals surface area contributed by atoms with Crippen LogP contribution in [0.5, 0.6) is 0 Å². The third-order valence-electron chi connectivity index (χ3n) is 7.64. The predicted octanol–water partition coefficient (Wildman–Crippen LogP) is 5.73. The SMILES string of the molecule is CC(C)c1ccc(NCCc2csc(=NC34CC5CC(CC(C5)C3)C4)n2C)cc1. The molecule has 0 radical (unpaired) electrons. The van der Waals surface area contributed by atoms with E-state index in [1.165, 1.54) is 60.3 Å². The van der Waals surface area contributed by atoms with Gasteiger partial charge in [0.15, 0.2) is 4.80 Å². The Morgan fingerprint density at radius 3 is 2.28 bits per heavy atom. The minimum atomic E-state index is 0.269. The Labute approximate surface area is 179 Å². The fourth-order valence-electron chi connectivity index (χ4n) is 6.46. The molecule has 0 saturated heterocycles. The normalized spacial score (nSPS) is 31.0. The summed E-state index contributed by atoms with van der Waals surface area (Å²) in [5.41, 5.74) is 4.27. The molecule has 4 heteroatoms. The number of rotatable bonds is 6. The highest BCUT2D eigenvalue weighted by molar-refractivity contribution is 7.07. The molecule has 4 fully saturated rings. The van der Waals surface area contributed by atoms with Gasteiger partial charge in [-0.1, -0.05) is 26.0 Å². The minimum absolute atomic E-state index is 0.269. The van der Waals surface area contributed by atoms with E-state index in [1.54, 1.807) is 0 Å².